The molecule has 0 spiro atoms. The minimum Gasteiger partial charge on any atom is -1.00 e. The maximum atomic E-state index is 10.5. The van der Waals surface area contributed by atoms with Crippen LogP contribution >= 0.6 is 0 Å². The van der Waals surface area contributed by atoms with E-state index in [1.54, 1.807) is 0 Å². The van der Waals surface area contributed by atoms with E-state index in [0.717, 1.165) is 18.2 Å². The number of hydrogen-bond donors (Lipinski definition) is 3. The van der Waals surface area contributed by atoms with Crippen LogP contribution in [0.2, 0.25) is 0 Å². The summed E-state index contributed by atoms with van der Waals surface area (Å²) < 4.78 is 29.6. The largest absolute Gasteiger partial charge is 1.00 e. The van der Waals surface area contributed by atoms with Crippen LogP contribution in [0.25, 0.3) is 0 Å². The zero-order valence-electron chi connectivity index (χ0n) is 7.93. The third-order valence-corrected chi connectivity index (χ3v) is 2.15. The van der Waals surface area contributed by atoms with Gasteiger partial charge in [-0.05, 0) is 18.2 Å². The Morgan fingerprint density at radius 2 is 1.92 bits per heavy atom. The quantitative estimate of drug-likeness (QED) is 0.204. The van der Waals surface area contributed by atoms with Gasteiger partial charge in [-0.2, -0.15) is 8.42 Å². The zero-order valence-corrected chi connectivity index (χ0v) is 9.75. The second-order valence-electron chi connectivity index (χ2n) is 2.20. The number of benzene rings is 1. The van der Waals surface area contributed by atoms with Crippen LogP contribution in [0.1, 0.15) is 1.43 Å². The van der Waals surface area contributed by atoms with E-state index in [9.17, 15) is 8.42 Å². The molecule has 68 valence electrons. The number of phenols is 1. The second kappa shape index (κ2) is 4.30. The van der Waals surface area contributed by atoms with E-state index in [4.69, 9.17) is 15.4 Å². The summed E-state index contributed by atoms with van der Waals surface area (Å²) in [6.45, 7) is 0. The van der Waals surface area contributed by atoms with Crippen LogP contribution in [0, 0.1) is 0 Å². The van der Waals surface area contributed by atoms with E-state index in [1.165, 1.54) is 0 Å². The molecule has 4 N–H and O–H groups in total. The van der Waals surface area contributed by atoms with Crippen LogP contribution in [0.4, 0.5) is 5.69 Å². The van der Waals surface area contributed by atoms with Crippen molar-refractivity contribution < 1.29 is 49.1 Å². The van der Waals surface area contributed by atoms with Crippen molar-refractivity contribution in [1.82, 2.24) is 0 Å². The molecule has 0 aliphatic heterocycles. The van der Waals surface area contributed by atoms with Crippen molar-refractivity contribution >= 4 is 15.8 Å². The van der Waals surface area contributed by atoms with Crippen LogP contribution in [0.15, 0.2) is 23.1 Å². The van der Waals surface area contributed by atoms with Crippen LogP contribution in [-0.4, -0.2) is 18.1 Å². The molecule has 1 rings (SSSR count). The molecule has 0 aliphatic rings. The number of rotatable bonds is 1. The molecule has 1 aromatic rings. The SMILES string of the molecule is Nc1cc(S(=O)(=O)O)ccc1O.[H-].[Na+]. The summed E-state index contributed by atoms with van der Waals surface area (Å²) in [6, 6.07) is 3.13. The topological polar surface area (TPSA) is 101 Å². The molecule has 0 unspecified atom stereocenters. The monoisotopic (exact) mass is 213 g/mol. The van der Waals surface area contributed by atoms with Gasteiger partial charge in [-0.3, -0.25) is 4.55 Å². The number of nitrogen functional groups attached to an aromatic ring is 1. The van der Waals surface area contributed by atoms with Crippen molar-refractivity contribution in [1.29, 1.82) is 0 Å². The molecule has 1 aromatic carbocycles. The van der Waals surface area contributed by atoms with E-state index in [0.29, 0.717) is 0 Å². The zero-order chi connectivity index (χ0) is 9.35. The maximum Gasteiger partial charge on any atom is 1.00 e. The Morgan fingerprint density at radius 1 is 1.38 bits per heavy atom. The molecule has 5 nitrogen and oxygen atoms in total. The Hall–Kier alpha value is -0.270. The predicted octanol–water partition coefficient (Wildman–Crippen LogP) is -2.66. The summed E-state index contributed by atoms with van der Waals surface area (Å²) in [5.41, 5.74) is 5.10. The average molecular weight is 213 g/mol. The molecular weight excluding hydrogens is 205 g/mol. The minimum atomic E-state index is -4.23. The van der Waals surface area contributed by atoms with Crippen molar-refractivity contribution in [3.05, 3.63) is 18.2 Å². The van der Waals surface area contributed by atoms with Crippen LogP contribution in [-0.2, 0) is 10.1 Å². The van der Waals surface area contributed by atoms with Gasteiger partial charge < -0.3 is 12.3 Å². The number of anilines is 1. The molecule has 0 fully saturated rings. The molecule has 0 aliphatic carbocycles. The summed E-state index contributed by atoms with van der Waals surface area (Å²) in [4.78, 5) is -0.335. The van der Waals surface area contributed by atoms with Crippen molar-refractivity contribution in [3.8, 4) is 5.75 Å². The van der Waals surface area contributed by atoms with E-state index in [2.05, 4.69) is 0 Å². The third kappa shape index (κ3) is 3.17. The Kier molecular flexibility index (Phi) is 4.21. The molecule has 0 saturated heterocycles. The average Bonchev–Trinajstić information content (AvgIpc) is 1.92. The van der Waals surface area contributed by atoms with Gasteiger partial charge in [0.2, 0.25) is 0 Å². The van der Waals surface area contributed by atoms with E-state index < -0.39 is 10.1 Å². The third-order valence-electron chi connectivity index (χ3n) is 1.30. The fourth-order valence-electron chi connectivity index (χ4n) is 0.693. The normalized spacial score (nSPS) is 10.5. The minimum absolute atomic E-state index is 0. The Bertz CT molecular complexity index is 408. The van der Waals surface area contributed by atoms with Crippen LogP contribution < -0.4 is 35.3 Å². The van der Waals surface area contributed by atoms with Gasteiger partial charge in [-0.15, -0.1) is 0 Å². The van der Waals surface area contributed by atoms with Gasteiger partial charge in [-0.25, -0.2) is 0 Å². The predicted molar refractivity (Wildman–Crippen MR) is 43.4 cm³/mol. The Balaban J connectivity index is 0. The van der Waals surface area contributed by atoms with Crippen molar-refractivity contribution in [2.75, 3.05) is 5.73 Å². The summed E-state index contributed by atoms with van der Waals surface area (Å²) in [7, 11) is -4.23. The fourth-order valence-corrected chi connectivity index (χ4v) is 1.21. The standard InChI is InChI=1S/C6H7NO4S.Na.H/c7-5-3-4(12(9,10)11)1-2-6(5)8;;/h1-3,8H,7H2,(H,9,10,11);;/q;+1;-1. The number of hydrogen-bond acceptors (Lipinski definition) is 4. The van der Waals surface area contributed by atoms with E-state index >= 15 is 0 Å². The van der Waals surface area contributed by atoms with Gasteiger partial charge in [0.05, 0.1) is 10.6 Å². The molecule has 0 heterocycles. The first-order valence-corrected chi connectivity index (χ1v) is 4.41. The number of phenolic OH excluding ortho intramolecular Hbond substituents is 1. The molecule has 7 heteroatoms. The summed E-state index contributed by atoms with van der Waals surface area (Å²) in [5.74, 6) is -0.220. The van der Waals surface area contributed by atoms with Gasteiger partial charge in [0.15, 0.2) is 0 Å². The van der Waals surface area contributed by atoms with Gasteiger partial charge in [0.25, 0.3) is 10.1 Å². The summed E-state index contributed by atoms with van der Waals surface area (Å²) in [6.07, 6.45) is 0. The van der Waals surface area contributed by atoms with Gasteiger partial charge >= 0.3 is 29.6 Å². The first kappa shape index (κ1) is 12.7. The van der Waals surface area contributed by atoms with Crippen LogP contribution in [0.5, 0.6) is 5.75 Å². The molecule has 0 radical (unpaired) electrons. The second-order valence-corrected chi connectivity index (χ2v) is 3.62. The molecule has 13 heavy (non-hydrogen) atoms. The molecule has 0 aromatic heterocycles. The Morgan fingerprint density at radius 3 is 2.31 bits per heavy atom. The first-order chi connectivity index (χ1) is 5.41. The smallest absolute Gasteiger partial charge is 1.00 e. The molecule has 0 saturated carbocycles. The summed E-state index contributed by atoms with van der Waals surface area (Å²) >= 11 is 0. The number of aromatic hydroxyl groups is 1. The van der Waals surface area contributed by atoms with Gasteiger partial charge in [0, 0.05) is 0 Å². The number of nitrogens with two attached hydrogens (primary N) is 1. The fraction of sp³-hybridized carbons (Fsp3) is 0. The van der Waals surface area contributed by atoms with Crippen molar-refractivity contribution in [2.24, 2.45) is 0 Å². The first-order valence-electron chi connectivity index (χ1n) is 2.97. The molecule has 0 atom stereocenters. The molecular formula is C6H8NNaO4S. The van der Waals surface area contributed by atoms with Crippen LogP contribution in [0.3, 0.4) is 0 Å². The molecule has 0 amide bonds. The molecule has 0 bridgehead atoms. The van der Waals surface area contributed by atoms with E-state index in [-0.39, 0.29) is 47.3 Å². The van der Waals surface area contributed by atoms with Gasteiger partial charge in [-0.1, -0.05) is 0 Å². The summed E-state index contributed by atoms with van der Waals surface area (Å²) in [5, 5.41) is 8.91. The van der Waals surface area contributed by atoms with E-state index in [1.807, 2.05) is 0 Å². The van der Waals surface area contributed by atoms with Crippen molar-refractivity contribution in [3.63, 3.8) is 0 Å². The van der Waals surface area contributed by atoms with Crippen molar-refractivity contribution in [2.45, 2.75) is 4.90 Å². The Labute approximate surface area is 99.1 Å². The maximum absolute atomic E-state index is 10.5. The van der Waals surface area contributed by atoms with Gasteiger partial charge in [0.1, 0.15) is 5.75 Å².